The molecule has 2 N–H and O–H groups in total. The highest BCUT2D eigenvalue weighted by Crippen LogP contribution is 2.32. The molecule has 0 radical (unpaired) electrons. The normalized spacial score (nSPS) is 18.8. The van der Waals surface area contributed by atoms with Crippen molar-refractivity contribution in [2.75, 3.05) is 13.6 Å². The van der Waals surface area contributed by atoms with E-state index in [1.54, 1.807) is 0 Å². The number of nitrogens with one attached hydrogen (secondary N) is 2. The fourth-order valence-corrected chi connectivity index (χ4v) is 1.29. The smallest absolute Gasteiger partial charge is 0.191 e. The molecule has 0 saturated heterocycles. The van der Waals surface area contributed by atoms with Crippen LogP contribution < -0.4 is 10.6 Å². The topological polar surface area (TPSA) is 36.4 Å². The van der Waals surface area contributed by atoms with Gasteiger partial charge < -0.3 is 10.6 Å². The van der Waals surface area contributed by atoms with Crippen LogP contribution in [0, 0.1) is 5.92 Å². The van der Waals surface area contributed by atoms with E-state index in [1.807, 2.05) is 7.05 Å². The molecule has 0 amide bonds. The van der Waals surface area contributed by atoms with Gasteiger partial charge >= 0.3 is 0 Å². The van der Waals surface area contributed by atoms with Crippen LogP contribution in [0.25, 0.3) is 0 Å². The summed E-state index contributed by atoms with van der Waals surface area (Å²) in [4.78, 5) is 4.12. The minimum Gasteiger partial charge on any atom is -0.357 e. The molecule has 0 aromatic rings. The Hall–Kier alpha value is 0. The minimum atomic E-state index is 0. The summed E-state index contributed by atoms with van der Waals surface area (Å²) in [5, 5.41) is 6.55. The Kier molecular flexibility index (Phi) is 6.45. The van der Waals surface area contributed by atoms with Crippen LogP contribution in [0.4, 0.5) is 0 Å². The lowest BCUT2D eigenvalue weighted by atomic mass is 10.2. The number of guanidine groups is 1. The molecule has 1 aliphatic rings. The molecular formula is C9H20IN3. The first-order valence-corrected chi connectivity index (χ1v) is 4.75. The number of halogens is 1. The summed E-state index contributed by atoms with van der Waals surface area (Å²) in [6.45, 7) is 5.23. The van der Waals surface area contributed by atoms with E-state index >= 15 is 0 Å². The largest absolute Gasteiger partial charge is 0.357 e. The third-order valence-electron chi connectivity index (χ3n) is 2.26. The third kappa shape index (κ3) is 4.69. The first kappa shape index (κ1) is 13.0. The molecule has 1 saturated carbocycles. The fourth-order valence-electron chi connectivity index (χ4n) is 1.29. The van der Waals surface area contributed by atoms with E-state index in [0.29, 0.717) is 6.04 Å². The van der Waals surface area contributed by atoms with Crippen molar-refractivity contribution in [2.45, 2.75) is 32.7 Å². The van der Waals surface area contributed by atoms with Crippen LogP contribution in [0.3, 0.4) is 0 Å². The van der Waals surface area contributed by atoms with Crippen LogP contribution in [-0.2, 0) is 0 Å². The average molecular weight is 297 g/mol. The third-order valence-corrected chi connectivity index (χ3v) is 2.26. The van der Waals surface area contributed by atoms with Crippen molar-refractivity contribution in [2.24, 2.45) is 10.9 Å². The van der Waals surface area contributed by atoms with Crippen LogP contribution in [0.2, 0.25) is 0 Å². The summed E-state index contributed by atoms with van der Waals surface area (Å²) in [6, 6.07) is 0.572. The van der Waals surface area contributed by atoms with Crippen molar-refractivity contribution in [1.82, 2.24) is 10.6 Å². The Morgan fingerprint density at radius 3 is 2.54 bits per heavy atom. The second kappa shape index (κ2) is 6.45. The monoisotopic (exact) mass is 297 g/mol. The molecule has 1 aliphatic carbocycles. The van der Waals surface area contributed by atoms with Crippen molar-refractivity contribution < 1.29 is 0 Å². The SMILES string of the molecule is CCNC(=NC)NC(C)C1CC1.I. The Morgan fingerprint density at radius 1 is 1.54 bits per heavy atom. The minimum absolute atomic E-state index is 0. The van der Waals surface area contributed by atoms with E-state index in [9.17, 15) is 0 Å². The highest BCUT2D eigenvalue weighted by Gasteiger charge is 2.28. The Balaban J connectivity index is 0.00000144. The highest BCUT2D eigenvalue weighted by molar-refractivity contribution is 14.0. The Morgan fingerprint density at radius 2 is 2.15 bits per heavy atom. The van der Waals surface area contributed by atoms with E-state index in [2.05, 4.69) is 29.5 Å². The van der Waals surface area contributed by atoms with Crippen molar-refractivity contribution in [3.05, 3.63) is 0 Å². The van der Waals surface area contributed by atoms with Gasteiger partial charge in [-0.1, -0.05) is 0 Å². The quantitative estimate of drug-likeness (QED) is 0.471. The van der Waals surface area contributed by atoms with E-state index in [0.717, 1.165) is 18.4 Å². The molecule has 4 heteroatoms. The van der Waals surface area contributed by atoms with Crippen LogP contribution in [0.5, 0.6) is 0 Å². The van der Waals surface area contributed by atoms with Gasteiger partial charge in [0.05, 0.1) is 0 Å². The summed E-state index contributed by atoms with van der Waals surface area (Å²) >= 11 is 0. The molecule has 1 unspecified atom stereocenters. The Labute approximate surface area is 97.8 Å². The summed E-state index contributed by atoms with van der Waals surface area (Å²) in [5.41, 5.74) is 0. The van der Waals surface area contributed by atoms with Gasteiger partial charge in [-0.05, 0) is 32.6 Å². The van der Waals surface area contributed by atoms with Crippen LogP contribution in [0.1, 0.15) is 26.7 Å². The van der Waals surface area contributed by atoms with E-state index in [-0.39, 0.29) is 24.0 Å². The highest BCUT2D eigenvalue weighted by atomic mass is 127. The van der Waals surface area contributed by atoms with Gasteiger partial charge in [0.1, 0.15) is 0 Å². The number of rotatable bonds is 3. The lowest BCUT2D eigenvalue weighted by Crippen LogP contribution is -2.42. The zero-order valence-electron chi connectivity index (χ0n) is 8.63. The second-order valence-electron chi connectivity index (χ2n) is 3.37. The first-order valence-electron chi connectivity index (χ1n) is 4.75. The predicted molar refractivity (Wildman–Crippen MR) is 67.8 cm³/mol. The molecule has 0 aliphatic heterocycles. The van der Waals surface area contributed by atoms with Crippen molar-refractivity contribution in [3.63, 3.8) is 0 Å². The molecule has 0 aromatic heterocycles. The number of nitrogens with zero attached hydrogens (tertiary/aromatic N) is 1. The molecular weight excluding hydrogens is 277 g/mol. The standard InChI is InChI=1S/C9H19N3.HI/c1-4-11-9(10-3)12-7(2)8-5-6-8;/h7-8H,4-6H2,1-3H3,(H2,10,11,12);1H. The maximum atomic E-state index is 4.12. The van der Waals surface area contributed by atoms with Crippen molar-refractivity contribution in [1.29, 1.82) is 0 Å². The van der Waals surface area contributed by atoms with Gasteiger partial charge in [0.15, 0.2) is 5.96 Å². The lowest BCUT2D eigenvalue weighted by Gasteiger charge is -2.16. The van der Waals surface area contributed by atoms with Crippen molar-refractivity contribution in [3.8, 4) is 0 Å². The molecule has 13 heavy (non-hydrogen) atoms. The molecule has 1 rings (SSSR count). The zero-order valence-corrected chi connectivity index (χ0v) is 11.0. The number of aliphatic imine (C=N–C) groups is 1. The fraction of sp³-hybridized carbons (Fsp3) is 0.889. The summed E-state index contributed by atoms with van der Waals surface area (Å²) in [7, 11) is 1.81. The average Bonchev–Trinajstić information content (AvgIpc) is 2.85. The molecule has 0 spiro atoms. The van der Waals surface area contributed by atoms with Gasteiger partial charge in [-0.25, -0.2) is 0 Å². The second-order valence-corrected chi connectivity index (χ2v) is 3.37. The Bertz CT molecular complexity index is 166. The summed E-state index contributed by atoms with van der Waals surface area (Å²) in [6.07, 6.45) is 2.74. The van der Waals surface area contributed by atoms with Crippen LogP contribution in [-0.4, -0.2) is 25.6 Å². The molecule has 1 atom stereocenters. The van der Waals surface area contributed by atoms with Crippen LogP contribution in [0.15, 0.2) is 4.99 Å². The van der Waals surface area contributed by atoms with Gasteiger partial charge in [0.2, 0.25) is 0 Å². The lowest BCUT2D eigenvalue weighted by molar-refractivity contribution is 0.576. The van der Waals surface area contributed by atoms with Crippen LogP contribution >= 0.6 is 24.0 Å². The molecule has 0 heterocycles. The van der Waals surface area contributed by atoms with E-state index < -0.39 is 0 Å². The molecule has 1 fully saturated rings. The van der Waals surface area contributed by atoms with Gasteiger partial charge in [-0.3, -0.25) is 4.99 Å². The summed E-state index contributed by atoms with van der Waals surface area (Å²) in [5.74, 6) is 1.80. The van der Waals surface area contributed by atoms with Crippen molar-refractivity contribution >= 4 is 29.9 Å². The van der Waals surface area contributed by atoms with E-state index in [1.165, 1.54) is 12.8 Å². The first-order chi connectivity index (χ1) is 5.77. The van der Waals surface area contributed by atoms with Gasteiger partial charge in [0.25, 0.3) is 0 Å². The zero-order chi connectivity index (χ0) is 8.97. The molecule has 78 valence electrons. The van der Waals surface area contributed by atoms with Gasteiger partial charge in [-0.2, -0.15) is 0 Å². The molecule has 3 nitrogen and oxygen atoms in total. The van der Waals surface area contributed by atoms with Gasteiger partial charge in [0, 0.05) is 19.6 Å². The number of hydrogen-bond donors (Lipinski definition) is 2. The predicted octanol–water partition coefficient (Wildman–Crippen LogP) is 1.59. The van der Waals surface area contributed by atoms with Gasteiger partial charge in [-0.15, -0.1) is 24.0 Å². The number of hydrogen-bond acceptors (Lipinski definition) is 1. The van der Waals surface area contributed by atoms with E-state index in [4.69, 9.17) is 0 Å². The maximum absolute atomic E-state index is 4.12. The molecule has 0 bridgehead atoms. The molecule has 0 aromatic carbocycles. The maximum Gasteiger partial charge on any atom is 0.191 e. The summed E-state index contributed by atoms with van der Waals surface area (Å²) < 4.78 is 0.